The first-order valence-electron chi connectivity index (χ1n) is 3.65. The van der Waals surface area contributed by atoms with Crippen LogP contribution in [0.4, 0.5) is 0 Å². The summed E-state index contributed by atoms with van der Waals surface area (Å²) in [5.74, 6) is 0. The summed E-state index contributed by atoms with van der Waals surface area (Å²) in [6, 6.07) is 4.16. The van der Waals surface area contributed by atoms with Crippen LogP contribution in [0.3, 0.4) is 0 Å². The zero-order chi connectivity index (χ0) is 8.81. The van der Waals surface area contributed by atoms with E-state index in [0.717, 1.165) is 5.01 Å². The molecule has 0 atom stereocenters. The Labute approximate surface area is 80.7 Å². The van der Waals surface area contributed by atoms with Gasteiger partial charge >= 0.3 is 0 Å². The van der Waals surface area contributed by atoms with Gasteiger partial charge in [-0.3, -0.25) is 4.98 Å². The topological polar surface area (TPSA) is 12.9 Å². The minimum absolute atomic E-state index is 1.13. The molecule has 0 saturated heterocycles. The average molecular weight is 197 g/mol. The Hall–Kier alpha value is -0.670. The van der Waals surface area contributed by atoms with Crippen LogP contribution in [0.5, 0.6) is 0 Å². The standard InChI is InChI=1S/C5H6S.C4H5NS/c1-5-3-2-4-6-5;1-4-5-2-3-6-4/h2-4H,1H3;2-3H,1H3. The van der Waals surface area contributed by atoms with E-state index in [9.17, 15) is 0 Å². The van der Waals surface area contributed by atoms with Crippen LogP contribution in [0, 0.1) is 13.8 Å². The SMILES string of the molecule is Cc1cccs1.Cc1nccs1. The van der Waals surface area contributed by atoms with Gasteiger partial charge in [0.15, 0.2) is 0 Å². The summed E-state index contributed by atoms with van der Waals surface area (Å²) in [7, 11) is 0. The Balaban J connectivity index is 0.000000120. The van der Waals surface area contributed by atoms with E-state index in [1.807, 2.05) is 12.3 Å². The van der Waals surface area contributed by atoms with Gasteiger partial charge in [-0.05, 0) is 25.3 Å². The molecule has 2 heterocycles. The van der Waals surface area contributed by atoms with Gasteiger partial charge in [0, 0.05) is 16.5 Å². The smallest absolute Gasteiger partial charge is 0.0893 e. The van der Waals surface area contributed by atoms with Gasteiger partial charge < -0.3 is 0 Å². The molecule has 64 valence electrons. The Kier molecular flexibility index (Phi) is 3.97. The lowest BCUT2D eigenvalue weighted by atomic mass is 10.5. The number of hydrogen-bond donors (Lipinski definition) is 0. The molecule has 0 amide bonds. The number of aryl methyl sites for hydroxylation is 2. The molecule has 0 spiro atoms. The van der Waals surface area contributed by atoms with Crippen LogP contribution in [0.2, 0.25) is 0 Å². The second-order valence-corrected chi connectivity index (χ2v) is 4.53. The minimum atomic E-state index is 1.13. The van der Waals surface area contributed by atoms with Crippen LogP contribution in [-0.4, -0.2) is 4.98 Å². The van der Waals surface area contributed by atoms with Crippen LogP contribution in [0.15, 0.2) is 29.1 Å². The number of thiazole rings is 1. The van der Waals surface area contributed by atoms with Crippen molar-refractivity contribution in [3.8, 4) is 0 Å². The zero-order valence-corrected chi connectivity index (χ0v) is 8.78. The third-order valence-corrected chi connectivity index (χ3v) is 2.72. The van der Waals surface area contributed by atoms with Crippen molar-refractivity contribution in [2.24, 2.45) is 0 Å². The summed E-state index contributed by atoms with van der Waals surface area (Å²) in [5.41, 5.74) is 0. The van der Waals surface area contributed by atoms with Gasteiger partial charge in [-0.25, -0.2) is 0 Å². The molecule has 0 aliphatic heterocycles. The Morgan fingerprint density at radius 1 is 1.17 bits per heavy atom. The van der Waals surface area contributed by atoms with E-state index in [0.29, 0.717) is 0 Å². The normalized spacial score (nSPS) is 8.83. The third-order valence-electron chi connectivity index (χ3n) is 1.22. The zero-order valence-electron chi connectivity index (χ0n) is 7.15. The van der Waals surface area contributed by atoms with Crippen molar-refractivity contribution in [1.29, 1.82) is 0 Å². The molecule has 0 saturated carbocycles. The first-order chi connectivity index (χ1) is 5.79. The Morgan fingerprint density at radius 3 is 2.17 bits per heavy atom. The van der Waals surface area contributed by atoms with E-state index in [4.69, 9.17) is 0 Å². The summed E-state index contributed by atoms with van der Waals surface area (Å²) < 4.78 is 0. The highest BCUT2D eigenvalue weighted by Crippen LogP contribution is 2.03. The summed E-state index contributed by atoms with van der Waals surface area (Å²) in [4.78, 5) is 5.32. The van der Waals surface area contributed by atoms with Gasteiger partial charge in [-0.15, -0.1) is 22.7 Å². The summed E-state index contributed by atoms with van der Waals surface area (Å²) >= 11 is 3.44. The monoisotopic (exact) mass is 197 g/mol. The second kappa shape index (κ2) is 5.06. The molecule has 0 unspecified atom stereocenters. The van der Waals surface area contributed by atoms with E-state index in [2.05, 4.69) is 29.4 Å². The van der Waals surface area contributed by atoms with Gasteiger partial charge in [0.2, 0.25) is 0 Å². The predicted molar refractivity (Wildman–Crippen MR) is 55.9 cm³/mol. The summed E-state index contributed by atoms with van der Waals surface area (Å²) in [6.07, 6.45) is 1.81. The van der Waals surface area contributed by atoms with Gasteiger partial charge in [0.25, 0.3) is 0 Å². The van der Waals surface area contributed by atoms with Crippen LogP contribution >= 0.6 is 22.7 Å². The van der Waals surface area contributed by atoms with Crippen LogP contribution < -0.4 is 0 Å². The van der Waals surface area contributed by atoms with Crippen molar-refractivity contribution in [2.75, 3.05) is 0 Å². The third kappa shape index (κ3) is 3.64. The fraction of sp³-hybridized carbons (Fsp3) is 0.222. The Bertz CT molecular complexity index is 252. The van der Waals surface area contributed by atoms with E-state index < -0.39 is 0 Å². The fourth-order valence-corrected chi connectivity index (χ4v) is 1.62. The van der Waals surface area contributed by atoms with Crippen molar-refractivity contribution in [3.05, 3.63) is 39.0 Å². The molecule has 0 aliphatic carbocycles. The first-order valence-corrected chi connectivity index (χ1v) is 5.41. The Morgan fingerprint density at radius 2 is 2.00 bits per heavy atom. The van der Waals surface area contributed by atoms with E-state index in [1.165, 1.54) is 4.88 Å². The molecule has 2 aromatic rings. The molecule has 0 bridgehead atoms. The molecule has 0 aromatic carbocycles. The number of thiophene rings is 1. The predicted octanol–water partition coefficient (Wildman–Crippen LogP) is 3.51. The van der Waals surface area contributed by atoms with Crippen LogP contribution in [0.1, 0.15) is 9.88 Å². The summed E-state index contributed by atoms with van der Waals surface area (Å²) in [6.45, 7) is 4.09. The molecular weight excluding hydrogens is 186 g/mol. The number of rotatable bonds is 0. The van der Waals surface area contributed by atoms with Crippen LogP contribution in [-0.2, 0) is 0 Å². The van der Waals surface area contributed by atoms with Crippen molar-refractivity contribution in [2.45, 2.75) is 13.8 Å². The fourth-order valence-electron chi connectivity index (χ4n) is 0.655. The number of nitrogens with zero attached hydrogens (tertiary/aromatic N) is 1. The highest BCUT2D eigenvalue weighted by molar-refractivity contribution is 7.09. The van der Waals surface area contributed by atoms with Crippen molar-refractivity contribution < 1.29 is 0 Å². The molecule has 0 aliphatic rings. The summed E-state index contributed by atoms with van der Waals surface area (Å²) in [5, 5.41) is 5.18. The molecule has 0 N–H and O–H groups in total. The van der Waals surface area contributed by atoms with Crippen molar-refractivity contribution in [3.63, 3.8) is 0 Å². The van der Waals surface area contributed by atoms with Gasteiger partial charge in [-0.2, -0.15) is 0 Å². The van der Waals surface area contributed by atoms with Crippen molar-refractivity contribution >= 4 is 22.7 Å². The maximum Gasteiger partial charge on any atom is 0.0893 e. The van der Waals surface area contributed by atoms with Gasteiger partial charge in [0.1, 0.15) is 0 Å². The minimum Gasteiger partial charge on any atom is -0.250 e. The first kappa shape index (κ1) is 9.42. The largest absolute Gasteiger partial charge is 0.250 e. The van der Waals surface area contributed by atoms with E-state index in [1.54, 1.807) is 28.9 Å². The highest BCUT2D eigenvalue weighted by atomic mass is 32.1. The number of hydrogen-bond acceptors (Lipinski definition) is 3. The average Bonchev–Trinajstić information content (AvgIpc) is 2.63. The molecular formula is C9H11NS2. The molecule has 12 heavy (non-hydrogen) atoms. The van der Waals surface area contributed by atoms with Crippen LogP contribution in [0.25, 0.3) is 0 Å². The van der Waals surface area contributed by atoms with E-state index >= 15 is 0 Å². The molecule has 1 nitrogen and oxygen atoms in total. The van der Waals surface area contributed by atoms with E-state index in [-0.39, 0.29) is 0 Å². The lowest BCUT2D eigenvalue weighted by molar-refractivity contribution is 1.30. The van der Waals surface area contributed by atoms with Gasteiger partial charge in [0.05, 0.1) is 5.01 Å². The maximum absolute atomic E-state index is 3.94. The molecule has 3 heteroatoms. The maximum atomic E-state index is 3.94. The molecule has 0 radical (unpaired) electrons. The molecule has 2 rings (SSSR count). The van der Waals surface area contributed by atoms with Crippen molar-refractivity contribution in [1.82, 2.24) is 4.98 Å². The molecule has 0 fully saturated rings. The quantitative estimate of drug-likeness (QED) is 0.630. The highest BCUT2D eigenvalue weighted by Gasteiger charge is 1.76. The lowest BCUT2D eigenvalue weighted by Gasteiger charge is -1.65. The lowest BCUT2D eigenvalue weighted by Crippen LogP contribution is -1.56. The molecule has 2 aromatic heterocycles. The number of aromatic nitrogens is 1. The second-order valence-electron chi connectivity index (χ2n) is 2.27. The van der Waals surface area contributed by atoms with Gasteiger partial charge in [-0.1, -0.05) is 6.07 Å².